The molecule has 0 radical (unpaired) electrons. The van der Waals surface area contributed by atoms with Crippen molar-refractivity contribution >= 4 is 0 Å². The van der Waals surface area contributed by atoms with Crippen LogP contribution in [0.25, 0.3) is 0 Å². The van der Waals surface area contributed by atoms with Crippen molar-refractivity contribution in [1.29, 1.82) is 0 Å². The zero-order valence-electron chi connectivity index (χ0n) is 11.6. The fraction of sp³-hybridized carbons (Fsp3) is 0.333. The van der Waals surface area contributed by atoms with Gasteiger partial charge in [0, 0.05) is 31.0 Å². The van der Waals surface area contributed by atoms with E-state index in [0.717, 1.165) is 23.3 Å². The molecule has 1 heterocycles. The van der Waals surface area contributed by atoms with Crippen molar-refractivity contribution in [3.63, 3.8) is 0 Å². The highest BCUT2D eigenvalue weighted by atomic mass is 19.4. The summed E-state index contributed by atoms with van der Waals surface area (Å²) in [5.41, 5.74) is 1.23. The lowest BCUT2D eigenvalue weighted by molar-refractivity contribution is -0.137. The highest BCUT2D eigenvalue weighted by Crippen LogP contribution is 2.30. The summed E-state index contributed by atoms with van der Waals surface area (Å²) in [5.74, 6) is 0.122. The molecular formula is C15H16F3N3. The van der Waals surface area contributed by atoms with E-state index in [2.05, 4.69) is 15.3 Å². The molecule has 1 unspecified atom stereocenters. The van der Waals surface area contributed by atoms with Crippen molar-refractivity contribution in [2.24, 2.45) is 0 Å². The smallest absolute Gasteiger partial charge is 0.312 e. The minimum atomic E-state index is -4.28. The van der Waals surface area contributed by atoms with Crippen molar-refractivity contribution in [2.75, 3.05) is 6.54 Å². The summed E-state index contributed by atoms with van der Waals surface area (Å²) in [6, 6.07) is 5.30. The minimum absolute atomic E-state index is 0.122. The highest BCUT2D eigenvalue weighted by molar-refractivity contribution is 5.27. The van der Waals surface area contributed by atoms with Crippen LogP contribution in [0.1, 0.15) is 29.5 Å². The van der Waals surface area contributed by atoms with Gasteiger partial charge < -0.3 is 5.32 Å². The molecule has 3 nitrogen and oxygen atoms in total. The summed E-state index contributed by atoms with van der Waals surface area (Å²) in [5, 5.41) is 3.24. The number of benzene rings is 1. The van der Waals surface area contributed by atoms with Gasteiger partial charge in [-0.25, -0.2) is 9.97 Å². The number of halogens is 3. The molecule has 0 amide bonds. The van der Waals surface area contributed by atoms with Crippen LogP contribution in [-0.4, -0.2) is 16.5 Å². The number of hydrogen-bond donors (Lipinski definition) is 1. The molecule has 2 aromatic rings. The summed E-state index contributed by atoms with van der Waals surface area (Å²) in [4.78, 5) is 7.83. The Balaban J connectivity index is 1.87. The molecule has 0 aliphatic carbocycles. The Morgan fingerprint density at radius 3 is 2.29 bits per heavy atom. The minimum Gasteiger partial charge on any atom is -0.312 e. The van der Waals surface area contributed by atoms with Crippen molar-refractivity contribution in [2.45, 2.75) is 25.6 Å². The molecule has 0 spiro atoms. The van der Waals surface area contributed by atoms with Crippen LogP contribution in [0.2, 0.25) is 0 Å². The standard InChI is InChI=1S/C15H16F3N3/c1-11(6-19-7-12-8-20-10-21-9-12)13-2-4-14(5-3-13)15(16,17)18/h2-5,8-11,19H,6-7H2,1H3. The largest absolute Gasteiger partial charge is 0.416 e. The maximum Gasteiger partial charge on any atom is 0.416 e. The number of nitrogens with one attached hydrogen (secondary N) is 1. The molecule has 1 N–H and O–H groups in total. The first-order chi connectivity index (χ1) is 9.97. The molecule has 0 saturated heterocycles. The van der Waals surface area contributed by atoms with Gasteiger partial charge in [0.2, 0.25) is 0 Å². The Morgan fingerprint density at radius 1 is 1.10 bits per heavy atom. The Bertz CT molecular complexity index is 553. The lowest BCUT2D eigenvalue weighted by Crippen LogP contribution is -2.20. The summed E-state index contributed by atoms with van der Waals surface area (Å²) >= 11 is 0. The molecule has 1 aromatic carbocycles. The van der Waals surface area contributed by atoms with Crippen molar-refractivity contribution in [1.82, 2.24) is 15.3 Å². The van der Waals surface area contributed by atoms with Gasteiger partial charge in [-0.2, -0.15) is 13.2 Å². The third kappa shape index (κ3) is 4.53. The third-order valence-corrected chi connectivity index (χ3v) is 3.20. The van der Waals surface area contributed by atoms with Crippen LogP contribution in [0.3, 0.4) is 0 Å². The van der Waals surface area contributed by atoms with Gasteiger partial charge in [-0.3, -0.25) is 0 Å². The van der Waals surface area contributed by atoms with Gasteiger partial charge in [-0.15, -0.1) is 0 Å². The van der Waals surface area contributed by atoms with Gasteiger partial charge in [0.25, 0.3) is 0 Å². The highest BCUT2D eigenvalue weighted by Gasteiger charge is 2.30. The summed E-state index contributed by atoms with van der Waals surface area (Å²) in [6.07, 6.45) is 0.632. The fourth-order valence-corrected chi connectivity index (χ4v) is 1.97. The Morgan fingerprint density at radius 2 is 1.71 bits per heavy atom. The van der Waals surface area contributed by atoms with E-state index in [1.807, 2.05) is 6.92 Å². The monoisotopic (exact) mass is 295 g/mol. The van der Waals surface area contributed by atoms with E-state index in [-0.39, 0.29) is 5.92 Å². The Labute approximate surface area is 121 Å². The van der Waals surface area contributed by atoms with Gasteiger partial charge in [-0.1, -0.05) is 19.1 Å². The zero-order valence-corrected chi connectivity index (χ0v) is 11.6. The lowest BCUT2D eigenvalue weighted by Gasteiger charge is -2.14. The Hall–Kier alpha value is -1.95. The first-order valence-corrected chi connectivity index (χ1v) is 6.58. The molecule has 21 heavy (non-hydrogen) atoms. The van der Waals surface area contributed by atoms with Crippen LogP contribution in [0, 0.1) is 0 Å². The van der Waals surface area contributed by atoms with E-state index >= 15 is 0 Å². The van der Waals surface area contributed by atoms with Gasteiger partial charge in [0.1, 0.15) is 6.33 Å². The molecular weight excluding hydrogens is 279 g/mol. The molecule has 0 aliphatic rings. The molecule has 1 atom stereocenters. The average molecular weight is 295 g/mol. The first-order valence-electron chi connectivity index (χ1n) is 6.58. The average Bonchev–Trinajstić information content (AvgIpc) is 2.47. The van der Waals surface area contributed by atoms with Crippen LogP contribution in [0.4, 0.5) is 13.2 Å². The van der Waals surface area contributed by atoms with E-state index in [1.54, 1.807) is 12.4 Å². The first kappa shape index (κ1) is 15.4. The van der Waals surface area contributed by atoms with Gasteiger partial charge in [0.15, 0.2) is 0 Å². The predicted molar refractivity (Wildman–Crippen MR) is 73.6 cm³/mol. The van der Waals surface area contributed by atoms with Gasteiger partial charge in [-0.05, 0) is 23.6 Å². The van der Waals surface area contributed by atoms with Crippen LogP contribution in [0.15, 0.2) is 43.0 Å². The number of rotatable bonds is 5. The van der Waals surface area contributed by atoms with E-state index < -0.39 is 11.7 Å². The van der Waals surface area contributed by atoms with Gasteiger partial charge >= 0.3 is 6.18 Å². The van der Waals surface area contributed by atoms with Crippen LogP contribution >= 0.6 is 0 Å². The summed E-state index contributed by atoms with van der Waals surface area (Å²) in [7, 11) is 0. The van der Waals surface area contributed by atoms with Gasteiger partial charge in [0.05, 0.1) is 5.56 Å². The molecule has 1 aromatic heterocycles. The van der Waals surface area contributed by atoms with E-state index in [9.17, 15) is 13.2 Å². The zero-order chi connectivity index (χ0) is 15.3. The molecule has 6 heteroatoms. The van der Waals surface area contributed by atoms with Crippen LogP contribution in [-0.2, 0) is 12.7 Å². The topological polar surface area (TPSA) is 37.8 Å². The summed E-state index contributed by atoms with van der Waals surface area (Å²) in [6.45, 7) is 3.27. The quantitative estimate of drug-likeness (QED) is 0.919. The molecule has 2 rings (SSSR count). The fourth-order valence-electron chi connectivity index (χ4n) is 1.97. The Kier molecular flexibility index (Phi) is 4.90. The van der Waals surface area contributed by atoms with Crippen molar-refractivity contribution in [3.8, 4) is 0 Å². The normalized spacial score (nSPS) is 13.1. The van der Waals surface area contributed by atoms with Crippen molar-refractivity contribution in [3.05, 3.63) is 59.7 Å². The van der Waals surface area contributed by atoms with E-state index in [4.69, 9.17) is 0 Å². The number of hydrogen-bond acceptors (Lipinski definition) is 3. The summed E-state index contributed by atoms with van der Waals surface area (Å²) < 4.78 is 37.5. The number of aromatic nitrogens is 2. The van der Waals surface area contributed by atoms with Crippen LogP contribution < -0.4 is 5.32 Å². The molecule has 0 fully saturated rings. The second-order valence-electron chi connectivity index (χ2n) is 4.90. The van der Waals surface area contributed by atoms with Crippen LogP contribution in [0.5, 0.6) is 0 Å². The molecule has 0 saturated carbocycles. The van der Waals surface area contributed by atoms with E-state index in [0.29, 0.717) is 13.1 Å². The molecule has 0 aliphatic heterocycles. The maximum atomic E-state index is 12.5. The second kappa shape index (κ2) is 6.67. The SMILES string of the molecule is CC(CNCc1cncnc1)c1ccc(C(F)(F)F)cc1. The molecule has 0 bridgehead atoms. The number of alkyl halides is 3. The number of nitrogens with zero attached hydrogens (tertiary/aromatic N) is 2. The predicted octanol–water partition coefficient (Wildman–Crippen LogP) is 3.39. The van der Waals surface area contributed by atoms with E-state index in [1.165, 1.54) is 18.5 Å². The second-order valence-corrected chi connectivity index (χ2v) is 4.90. The lowest BCUT2D eigenvalue weighted by atomic mass is 9.99. The maximum absolute atomic E-state index is 12.5. The molecule has 112 valence electrons. The third-order valence-electron chi connectivity index (χ3n) is 3.20. The van der Waals surface area contributed by atoms with Crippen molar-refractivity contribution < 1.29 is 13.2 Å².